The van der Waals surface area contributed by atoms with E-state index in [1.807, 2.05) is 12.1 Å². The Morgan fingerprint density at radius 3 is 2.36 bits per heavy atom. The number of hydrogen-bond acceptors (Lipinski definition) is 3. The van der Waals surface area contributed by atoms with E-state index in [2.05, 4.69) is 31.3 Å². The van der Waals surface area contributed by atoms with E-state index in [-0.39, 0.29) is 12.3 Å². The number of carbonyl (C=O) groups is 2. The Balaban J connectivity index is 1.83. The molecule has 1 aliphatic carbocycles. The molecule has 2 N–H and O–H groups in total. The number of carboxylic acids is 1. The monoisotopic (exact) mass is 321 g/mol. The third-order valence-corrected chi connectivity index (χ3v) is 5.13. The number of thioether (sulfide) groups is 1. The fraction of sp³-hybridized carbons (Fsp3) is 0.529. The number of hydrogen-bond donors (Lipinski definition) is 2. The molecule has 0 aliphatic heterocycles. The summed E-state index contributed by atoms with van der Waals surface area (Å²) in [7, 11) is 0. The lowest BCUT2D eigenvalue weighted by Gasteiger charge is -2.41. The molecule has 120 valence electrons. The summed E-state index contributed by atoms with van der Waals surface area (Å²) in [5.41, 5.74) is 0.772. The van der Waals surface area contributed by atoms with Crippen LogP contribution in [0.5, 0.6) is 0 Å². The summed E-state index contributed by atoms with van der Waals surface area (Å²) in [5, 5.41) is 11.9. The van der Waals surface area contributed by atoms with Crippen molar-refractivity contribution in [3.63, 3.8) is 0 Å². The number of aliphatic carboxylic acids is 1. The highest BCUT2D eigenvalue weighted by molar-refractivity contribution is 8.00. The van der Waals surface area contributed by atoms with E-state index in [1.165, 1.54) is 17.3 Å². The van der Waals surface area contributed by atoms with Crippen molar-refractivity contribution in [1.82, 2.24) is 5.32 Å². The predicted molar refractivity (Wildman–Crippen MR) is 88.2 cm³/mol. The first-order chi connectivity index (χ1) is 10.4. The summed E-state index contributed by atoms with van der Waals surface area (Å²) >= 11 is 1.48. The van der Waals surface area contributed by atoms with Crippen molar-refractivity contribution >= 4 is 23.6 Å². The molecule has 2 rings (SSSR count). The van der Waals surface area contributed by atoms with Gasteiger partial charge in [-0.25, -0.2) is 0 Å². The number of carboxylic acid groups (broad SMARTS) is 1. The predicted octanol–water partition coefficient (Wildman–Crippen LogP) is 3.42. The van der Waals surface area contributed by atoms with Gasteiger partial charge in [-0.05, 0) is 42.9 Å². The molecule has 0 spiro atoms. The van der Waals surface area contributed by atoms with Crippen molar-refractivity contribution in [3.8, 4) is 0 Å². The molecule has 0 bridgehead atoms. The highest BCUT2D eigenvalue weighted by atomic mass is 32.2. The van der Waals surface area contributed by atoms with Gasteiger partial charge in [0.05, 0.1) is 17.7 Å². The summed E-state index contributed by atoms with van der Waals surface area (Å²) in [5.74, 6) is -0.116. The Hall–Kier alpha value is -1.49. The molecule has 1 saturated carbocycles. The van der Waals surface area contributed by atoms with E-state index in [1.54, 1.807) is 0 Å². The standard InChI is InChI=1S/C17H23NO3S/c1-12(2)13-4-6-14(7-5-13)22-11-15(19)18-17(8-3-9-17)10-16(20)21/h4-7,12H,3,8-11H2,1-2H3,(H,18,19)(H,20,21). The van der Waals surface area contributed by atoms with Crippen molar-refractivity contribution in [2.45, 2.75) is 55.9 Å². The first kappa shape index (κ1) is 16.9. The van der Waals surface area contributed by atoms with Gasteiger partial charge in [0.25, 0.3) is 0 Å². The highest BCUT2D eigenvalue weighted by Gasteiger charge is 2.40. The van der Waals surface area contributed by atoms with Crippen LogP contribution < -0.4 is 5.32 Å². The third-order valence-electron chi connectivity index (χ3n) is 4.12. The molecule has 0 aromatic heterocycles. The van der Waals surface area contributed by atoms with Crippen LogP contribution in [0.15, 0.2) is 29.2 Å². The van der Waals surface area contributed by atoms with E-state index >= 15 is 0 Å². The van der Waals surface area contributed by atoms with Crippen LogP contribution in [0, 0.1) is 0 Å². The van der Waals surface area contributed by atoms with Crippen molar-refractivity contribution in [2.75, 3.05) is 5.75 Å². The van der Waals surface area contributed by atoms with Crippen LogP contribution in [0.3, 0.4) is 0 Å². The van der Waals surface area contributed by atoms with Gasteiger partial charge in [0.1, 0.15) is 0 Å². The van der Waals surface area contributed by atoms with Gasteiger partial charge in [0.15, 0.2) is 0 Å². The fourth-order valence-electron chi connectivity index (χ4n) is 2.67. The average Bonchev–Trinajstić information content (AvgIpc) is 2.42. The SMILES string of the molecule is CC(C)c1ccc(SCC(=O)NC2(CC(=O)O)CCC2)cc1. The molecule has 0 heterocycles. The van der Waals surface area contributed by atoms with E-state index in [0.717, 1.165) is 24.2 Å². The van der Waals surface area contributed by atoms with Gasteiger partial charge in [-0.2, -0.15) is 0 Å². The number of amides is 1. The first-order valence-corrected chi connectivity index (χ1v) is 8.64. The number of carbonyl (C=O) groups excluding carboxylic acids is 1. The molecule has 1 fully saturated rings. The summed E-state index contributed by atoms with van der Waals surface area (Å²) in [4.78, 5) is 24.0. The summed E-state index contributed by atoms with van der Waals surface area (Å²) in [6.45, 7) is 4.30. The lowest BCUT2D eigenvalue weighted by atomic mass is 9.74. The quantitative estimate of drug-likeness (QED) is 0.755. The van der Waals surface area contributed by atoms with Gasteiger partial charge in [0.2, 0.25) is 5.91 Å². The largest absolute Gasteiger partial charge is 0.481 e. The van der Waals surface area contributed by atoms with E-state index in [4.69, 9.17) is 5.11 Å². The van der Waals surface area contributed by atoms with Crippen LogP contribution in [0.25, 0.3) is 0 Å². The van der Waals surface area contributed by atoms with Gasteiger partial charge in [0, 0.05) is 4.90 Å². The summed E-state index contributed by atoms with van der Waals surface area (Å²) in [6.07, 6.45) is 2.53. The van der Waals surface area contributed by atoms with Crippen LogP contribution in [0.2, 0.25) is 0 Å². The smallest absolute Gasteiger partial charge is 0.305 e. The van der Waals surface area contributed by atoms with Crippen LogP contribution in [0.1, 0.15) is 51.0 Å². The van der Waals surface area contributed by atoms with Crippen LogP contribution in [0.4, 0.5) is 0 Å². The number of rotatable bonds is 7. The third kappa shape index (κ3) is 4.50. The van der Waals surface area contributed by atoms with Crippen LogP contribution in [-0.4, -0.2) is 28.3 Å². The molecule has 22 heavy (non-hydrogen) atoms. The lowest BCUT2D eigenvalue weighted by molar-refractivity contribution is -0.140. The van der Waals surface area contributed by atoms with Gasteiger partial charge >= 0.3 is 5.97 Å². The maximum absolute atomic E-state index is 12.1. The molecule has 0 unspecified atom stereocenters. The van der Waals surface area contributed by atoms with E-state index in [9.17, 15) is 9.59 Å². The van der Waals surface area contributed by atoms with Gasteiger partial charge < -0.3 is 10.4 Å². The Morgan fingerprint density at radius 1 is 1.27 bits per heavy atom. The minimum absolute atomic E-state index is 0.0203. The molecule has 1 aromatic carbocycles. The molecule has 0 saturated heterocycles. The van der Waals surface area contributed by atoms with Crippen molar-refractivity contribution < 1.29 is 14.7 Å². The Kier molecular flexibility index (Phi) is 5.51. The van der Waals surface area contributed by atoms with Crippen molar-refractivity contribution in [1.29, 1.82) is 0 Å². The minimum Gasteiger partial charge on any atom is -0.481 e. The summed E-state index contributed by atoms with van der Waals surface area (Å²) in [6, 6.07) is 8.23. The van der Waals surface area contributed by atoms with E-state index in [0.29, 0.717) is 11.7 Å². The zero-order valence-electron chi connectivity index (χ0n) is 13.1. The van der Waals surface area contributed by atoms with Crippen molar-refractivity contribution in [2.24, 2.45) is 0 Å². The van der Waals surface area contributed by atoms with Crippen LogP contribution in [-0.2, 0) is 9.59 Å². The molecule has 1 amide bonds. The highest BCUT2D eigenvalue weighted by Crippen LogP contribution is 2.35. The average molecular weight is 321 g/mol. The second-order valence-electron chi connectivity index (χ2n) is 6.26. The first-order valence-electron chi connectivity index (χ1n) is 7.66. The molecule has 0 atom stereocenters. The molecule has 5 heteroatoms. The molecule has 0 radical (unpaired) electrons. The zero-order chi connectivity index (χ0) is 16.2. The lowest BCUT2D eigenvalue weighted by Crippen LogP contribution is -2.55. The Morgan fingerprint density at radius 2 is 1.91 bits per heavy atom. The molecular formula is C17H23NO3S. The minimum atomic E-state index is -0.850. The normalized spacial score (nSPS) is 16.1. The van der Waals surface area contributed by atoms with Crippen LogP contribution >= 0.6 is 11.8 Å². The molecular weight excluding hydrogens is 298 g/mol. The van der Waals surface area contributed by atoms with Gasteiger partial charge in [-0.3, -0.25) is 9.59 Å². The second-order valence-corrected chi connectivity index (χ2v) is 7.31. The topological polar surface area (TPSA) is 66.4 Å². The molecule has 1 aromatic rings. The van der Waals surface area contributed by atoms with Gasteiger partial charge in [-0.1, -0.05) is 26.0 Å². The van der Waals surface area contributed by atoms with E-state index < -0.39 is 11.5 Å². The fourth-order valence-corrected chi connectivity index (χ4v) is 3.37. The molecule has 4 nitrogen and oxygen atoms in total. The maximum atomic E-state index is 12.1. The van der Waals surface area contributed by atoms with Crippen molar-refractivity contribution in [3.05, 3.63) is 29.8 Å². The number of nitrogens with one attached hydrogen (secondary N) is 1. The number of benzene rings is 1. The Labute approximate surface area is 135 Å². The zero-order valence-corrected chi connectivity index (χ0v) is 13.9. The molecule has 1 aliphatic rings. The maximum Gasteiger partial charge on any atom is 0.305 e. The van der Waals surface area contributed by atoms with Gasteiger partial charge in [-0.15, -0.1) is 11.8 Å². The Bertz CT molecular complexity index is 535. The second kappa shape index (κ2) is 7.18. The summed E-state index contributed by atoms with van der Waals surface area (Å²) < 4.78 is 0.